The average molecular weight is 517 g/mol. The van der Waals surface area contributed by atoms with Gasteiger partial charge in [0, 0.05) is 11.8 Å². The van der Waals surface area contributed by atoms with Crippen LogP contribution in [0.3, 0.4) is 0 Å². The molecule has 2 saturated heterocycles. The Morgan fingerprint density at radius 3 is 2.64 bits per heavy atom. The second-order valence-corrected chi connectivity index (χ2v) is 10.3. The third-order valence-electron chi connectivity index (χ3n) is 5.98. The number of rotatable bonds is 7. The zero-order valence-electron chi connectivity index (χ0n) is 19.5. The van der Waals surface area contributed by atoms with Crippen LogP contribution in [0.1, 0.15) is 18.9 Å². The second kappa shape index (κ2) is 9.92. The molecule has 0 aliphatic carbocycles. The summed E-state index contributed by atoms with van der Waals surface area (Å²) in [6.07, 6.45) is 0.560. The normalized spacial score (nSPS) is 21.4. The Bertz CT molecular complexity index is 1380. The van der Waals surface area contributed by atoms with Gasteiger partial charge in [-0.25, -0.2) is 13.4 Å². The van der Waals surface area contributed by atoms with Crippen LogP contribution in [0.25, 0.3) is 10.8 Å². The third kappa shape index (κ3) is 5.08. The Labute approximate surface area is 207 Å². The van der Waals surface area contributed by atoms with Gasteiger partial charge in [0.15, 0.2) is 5.82 Å². The number of carbonyl (C=O) groups excluding carboxylic acids is 1. The van der Waals surface area contributed by atoms with E-state index >= 15 is 4.39 Å². The molecule has 0 spiro atoms. The van der Waals surface area contributed by atoms with Crippen molar-refractivity contribution in [3.63, 3.8) is 0 Å². The fraction of sp³-hybridized carbons (Fsp3) is 0.320. The van der Waals surface area contributed by atoms with Crippen molar-refractivity contribution in [3.8, 4) is 11.5 Å². The molecular weight excluding hydrogens is 491 g/mol. The maximum atomic E-state index is 16.0. The molecule has 0 bridgehead atoms. The first-order chi connectivity index (χ1) is 17.3. The highest BCUT2D eigenvalue weighted by atomic mass is 32.2. The minimum atomic E-state index is -4.27. The molecule has 2 aliphatic heterocycles. The molecule has 0 saturated carbocycles. The Balaban J connectivity index is 1.49. The van der Waals surface area contributed by atoms with Crippen molar-refractivity contribution in [3.05, 3.63) is 66.0 Å². The van der Waals surface area contributed by atoms with Gasteiger partial charge in [-0.2, -0.15) is 8.42 Å². The predicted molar refractivity (Wildman–Crippen MR) is 129 cm³/mol. The fourth-order valence-electron chi connectivity index (χ4n) is 4.17. The number of fused-ring (bicyclic) bond motifs is 1. The number of nitrogens with zero attached hydrogens (tertiary/aromatic N) is 1. The molecule has 0 aromatic heterocycles. The largest absolute Gasteiger partial charge is 0.491 e. The van der Waals surface area contributed by atoms with Crippen molar-refractivity contribution in [2.45, 2.75) is 32.2 Å². The number of hydrogen-bond donors (Lipinski definition) is 1. The molecule has 190 valence electrons. The van der Waals surface area contributed by atoms with E-state index < -0.39 is 28.5 Å². The first-order valence-electron chi connectivity index (χ1n) is 11.4. The lowest BCUT2D eigenvalue weighted by molar-refractivity contribution is -0.176. The van der Waals surface area contributed by atoms with Crippen LogP contribution >= 0.6 is 0 Å². The zero-order valence-corrected chi connectivity index (χ0v) is 20.3. The molecule has 2 heterocycles. The van der Waals surface area contributed by atoms with E-state index in [1.165, 1.54) is 6.07 Å². The summed E-state index contributed by atoms with van der Waals surface area (Å²) < 4.78 is 66.3. The van der Waals surface area contributed by atoms with Crippen LogP contribution in [0.4, 0.5) is 10.1 Å². The molecule has 2 aliphatic rings. The number of hydrogen-bond acceptors (Lipinski definition) is 7. The Morgan fingerprint density at radius 2 is 1.92 bits per heavy atom. The standard InChI is InChI=1S/C25H25FN2O7S/c1-16-9-20(35-15-34-16)14-32-19-8-7-18-10-22(33-13-17-5-3-2-4-6-17)25(24(26)21(18)11-19)28-12-23(29)27-36(28,30)31/h2-8,10-11,16,20H,9,12-15H2,1H3,(H,27,29)/t16-,20+/m0/s1. The molecule has 0 unspecified atom stereocenters. The van der Waals surface area contributed by atoms with Crippen LogP contribution in [0.5, 0.6) is 11.5 Å². The molecule has 0 radical (unpaired) electrons. The molecule has 1 N–H and O–H groups in total. The highest BCUT2D eigenvalue weighted by Crippen LogP contribution is 2.40. The van der Waals surface area contributed by atoms with Gasteiger partial charge in [-0.3, -0.25) is 4.79 Å². The molecule has 9 nitrogen and oxygen atoms in total. The maximum Gasteiger partial charge on any atom is 0.326 e. The van der Waals surface area contributed by atoms with E-state index in [1.807, 2.05) is 42.0 Å². The number of ether oxygens (including phenoxy) is 4. The summed E-state index contributed by atoms with van der Waals surface area (Å²) in [6, 6.07) is 15.6. The van der Waals surface area contributed by atoms with Gasteiger partial charge in [0.25, 0.3) is 5.91 Å². The monoisotopic (exact) mass is 516 g/mol. The average Bonchev–Trinajstić information content (AvgIpc) is 3.13. The molecule has 11 heteroatoms. The van der Waals surface area contributed by atoms with Gasteiger partial charge < -0.3 is 18.9 Å². The first kappa shape index (κ1) is 24.3. The van der Waals surface area contributed by atoms with Crippen molar-refractivity contribution in [1.29, 1.82) is 0 Å². The van der Waals surface area contributed by atoms with E-state index in [1.54, 1.807) is 18.2 Å². The molecule has 2 atom stereocenters. The maximum absolute atomic E-state index is 16.0. The molecule has 3 aromatic carbocycles. The lowest BCUT2D eigenvalue weighted by Gasteiger charge is -2.27. The van der Waals surface area contributed by atoms with Crippen molar-refractivity contribution in [2.75, 3.05) is 24.2 Å². The van der Waals surface area contributed by atoms with E-state index in [2.05, 4.69) is 0 Å². The van der Waals surface area contributed by atoms with Crippen LogP contribution in [0.2, 0.25) is 0 Å². The molecular formula is C25H25FN2O7S. The van der Waals surface area contributed by atoms with E-state index in [0.717, 1.165) is 5.56 Å². The Morgan fingerprint density at radius 1 is 1.11 bits per heavy atom. The second-order valence-electron chi connectivity index (χ2n) is 8.66. The minimum Gasteiger partial charge on any atom is -0.491 e. The minimum absolute atomic E-state index is 0.00203. The molecule has 5 rings (SSSR count). The van der Waals surface area contributed by atoms with Gasteiger partial charge in [-0.1, -0.05) is 36.4 Å². The topological polar surface area (TPSA) is 103 Å². The molecule has 1 amide bonds. The zero-order chi connectivity index (χ0) is 25.3. The summed E-state index contributed by atoms with van der Waals surface area (Å²) in [5.41, 5.74) is 0.478. The lowest BCUT2D eigenvalue weighted by Crippen LogP contribution is -2.33. The van der Waals surface area contributed by atoms with E-state index in [9.17, 15) is 13.2 Å². The van der Waals surface area contributed by atoms with Gasteiger partial charge in [0.05, 0.1) is 12.2 Å². The van der Waals surface area contributed by atoms with Crippen molar-refractivity contribution < 1.29 is 36.6 Å². The van der Waals surface area contributed by atoms with Crippen LogP contribution in [-0.2, 0) is 31.1 Å². The van der Waals surface area contributed by atoms with Crippen LogP contribution < -0.4 is 18.5 Å². The number of amides is 1. The number of benzene rings is 3. The van der Waals surface area contributed by atoms with Gasteiger partial charge in [-0.15, -0.1) is 0 Å². The van der Waals surface area contributed by atoms with Crippen LogP contribution in [0.15, 0.2) is 54.6 Å². The lowest BCUT2D eigenvalue weighted by atomic mass is 10.1. The Hall–Kier alpha value is -3.41. The van der Waals surface area contributed by atoms with Crippen molar-refractivity contribution in [2.24, 2.45) is 0 Å². The summed E-state index contributed by atoms with van der Waals surface area (Å²) >= 11 is 0. The summed E-state index contributed by atoms with van der Waals surface area (Å²) in [5, 5.41) is 0.615. The van der Waals surface area contributed by atoms with E-state index in [4.69, 9.17) is 18.9 Å². The Kier molecular flexibility index (Phi) is 6.69. The fourth-order valence-corrected chi connectivity index (χ4v) is 5.33. The smallest absolute Gasteiger partial charge is 0.326 e. The van der Waals surface area contributed by atoms with Crippen LogP contribution in [-0.4, -0.2) is 46.5 Å². The molecule has 3 aromatic rings. The molecule has 36 heavy (non-hydrogen) atoms. The van der Waals surface area contributed by atoms with Gasteiger partial charge in [0.2, 0.25) is 0 Å². The third-order valence-corrected chi connectivity index (χ3v) is 7.36. The number of anilines is 1. The van der Waals surface area contributed by atoms with Gasteiger partial charge in [0.1, 0.15) is 43.7 Å². The number of halogens is 1. The predicted octanol–water partition coefficient (Wildman–Crippen LogP) is 3.27. The highest BCUT2D eigenvalue weighted by molar-refractivity contribution is 7.92. The van der Waals surface area contributed by atoms with E-state index in [0.29, 0.717) is 21.9 Å². The summed E-state index contributed by atoms with van der Waals surface area (Å²) in [5.74, 6) is -1.20. The quantitative estimate of drug-likeness (QED) is 0.514. The highest BCUT2D eigenvalue weighted by Gasteiger charge is 2.38. The van der Waals surface area contributed by atoms with E-state index in [-0.39, 0.29) is 49.0 Å². The van der Waals surface area contributed by atoms with Gasteiger partial charge >= 0.3 is 10.2 Å². The number of nitrogens with one attached hydrogen (secondary N) is 1. The van der Waals surface area contributed by atoms with Gasteiger partial charge in [-0.05, 0) is 36.1 Å². The van der Waals surface area contributed by atoms with Crippen molar-refractivity contribution in [1.82, 2.24) is 4.72 Å². The molecule has 2 fully saturated rings. The summed E-state index contributed by atoms with van der Waals surface area (Å²) in [4.78, 5) is 11.9. The van der Waals surface area contributed by atoms with Crippen molar-refractivity contribution >= 4 is 32.6 Å². The number of carbonyl (C=O) groups is 1. The summed E-state index contributed by atoms with van der Waals surface area (Å²) in [6.45, 7) is 1.92. The SMILES string of the molecule is C[C@H]1C[C@H](COc2ccc3cc(OCc4ccccc4)c(N4CC(=O)NS4(=O)=O)c(F)c3c2)OCO1. The first-order valence-corrected chi connectivity index (χ1v) is 12.9. The van der Waals surface area contributed by atoms with Crippen LogP contribution in [0, 0.1) is 5.82 Å². The summed E-state index contributed by atoms with van der Waals surface area (Å²) in [7, 11) is -4.27.